The zero-order chi connectivity index (χ0) is 10.8. The minimum Gasteiger partial charge on any atom is -1.00 e. The fraction of sp³-hybridized carbons (Fsp3) is 0.250. The van der Waals surface area contributed by atoms with Gasteiger partial charge in [0, 0.05) is 26.0 Å². The lowest BCUT2D eigenvalue weighted by atomic mass is 10.3. The van der Waals surface area contributed by atoms with Gasteiger partial charge in [-0.25, -0.2) is 0 Å². The maximum absolute atomic E-state index is 2.32. The Kier molecular flexibility index (Phi) is 5.27. The molecule has 1 aromatic carbocycles. The molecule has 1 heterocycles. The molecule has 0 amide bonds. The molecule has 0 saturated heterocycles. The van der Waals surface area contributed by atoms with E-state index in [1.807, 2.05) is 23.1 Å². The summed E-state index contributed by atoms with van der Waals surface area (Å²) in [6.45, 7) is 4.35. The Hall–Kier alpha value is -0.0700. The van der Waals surface area contributed by atoms with Crippen molar-refractivity contribution in [2.75, 3.05) is 6.26 Å². The number of aromatic nitrogens is 1. The number of aryl methyl sites for hydroxylation is 1. The number of halogens is 1. The first-order valence-corrected chi connectivity index (χ1v) is 6.89. The van der Waals surface area contributed by atoms with Crippen LogP contribution in [-0.4, -0.2) is 6.26 Å². The minimum absolute atomic E-state index is 0. The highest BCUT2D eigenvalue weighted by molar-refractivity contribution is 8.00. The lowest BCUT2D eigenvalue weighted by molar-refractivity contribution is -0.605. The van der Waals surface area contributed by atoms with Crippen molar-refractivity contribution >= 4 is 23.1 Å². The first-order chi connectivity index (χ1) is 7.24. The van der Waals surface area contributed by atoms with Gasteiger partial charge in [-0.05, 0) is 6.26 Å². The molecule has 0 radical (unpaired) electrons. The number of para-hydroxylation sites is 1. The lowest BCUT2D eigenvalue weighted by Gasteiger charge is -1.95. The third kappa shape index (κ3) is 2.60. The van der Waals surface area contributed by atoms with Gasteiger partial charge in [0.1, 0.15) is 4.21 Å². The quantitative estimate of drug-likeness (QED) is 0.424. The summed E-state index contributed by atoms with van der Waals surface area (Å²) in [5, 5.41) is 1.34. The smallest absolute Gasteiger partial charge is 0.241 e. The molecule has 0 N–H and O–H groups in total. The molecule has 0 fully saturated rings. The second-order valence-corrected chi connectivity index (χ2v) is 5.65. The first-order valence-electron chi connectivity index (χ1n) is 4.85. The number of thiazole rings is 1. The third-order valence-corrected chi connectivity index (χ3v) is 4.76. The summed E-state index contributed by atoms with van der Waals surface area (Å²) in [7, 11) is 0. The zero-order valence-electron chi connectivity index (χ0n) is 9.53. The topological polar surface area (TPSA) is 3.88 Å². The van der Waals surface area contributed by atoms with Crippen LogP contribution in [-0.2, 0) is 0 Å². The largest absolute Gasteiger partial charge is 1.00 e. The Balaban J connectivity index is 0.00000128. The molecular weight excluding hydrogens is 349 g/mol. The van der Waals surface area contributed by atoms with Crippen molar-refractivity contribution in [1.29, 1.82) is 0 Å². The van der Waals surface area contributed by atoms with Crippen LogP contribution in [0, 0.1) is 13.8 Å². The van der Waals surface area contributed by atoms with Gasteiger partial charge >= 0.3 is 0 Å². The lowest BCUT2D eigenvalue weighted by Crippen LogP contribution is -3.00. The average molecular weight is 363 g/mol. The minimum atomic E-state index is 0. The zero-order valence-corrected chi connectivity index (χ0v) is 13.3. The number of benzene rings is 1. The molecule has 0 unspecified atom stereocenters. The van der Waals surface area contributed by atoms with Crippen LogP contribution in [0.4, 0.5) is 0 Å². The molecule has 0 aliphatic rings. The van der Waals surface area contributed by atoms with E-state index < -0.39 is 0 Å². The second-order valence-electron chi connectivity index (χ2n) is 3.37. The summed E-state index contributed by atoms with van der Waals surface area (Å²) in [5.41, 5.74) is 2.60. The Morgan fingerprint density at radius 2 is 1.75 bits per heavy atom. The van der Waals surface area contributed by atoms with Crippen LogP contribution < -0.4 is 28.5 Å². The van der Waals surface area contributed by atoms with E-state index in [0.29, 0.717) is 0 Å². The van der Waals surface area contributed by atoms with E-state index in [1.165, 1.54) is 20.6 Å². The predicted molar refractivity (Wildman–Crippen MR) is 67.1 cm³/mol. The molecule has 0 bridgehead atoms. The van der Waals surface area contributed by atoms with Crippen LogP contribution in [0.2, 0.25) is 0 Å². The number of hydrogen-bond donors (Lipinski definition) is 0. The molecular formula is C12H14INS2. The highest BCUT2D eigenvalue weighted by Crippen LogP contribution is 2.26. The number of rotatable bonds is 2. The predicted octanol–water partition coefficient (Wildman–Crippen LogP) is 0.368. The van der Waals surface area contributed by atoms with E-state index in [1.54, 1.807) is 0 Å². The average Bonchev–Trinajstić information content (AvgIpc) is 2.55. The maximum atomic E-state index is 2.32. The van der Waals surface area contributed by atoms with Gasteiger partial charge in [-0.1, -0.05) is 29.5 Å². The Morgan fingerprint density at radius 3 is 2.25 bits per heavy atom. The van der Waals surface area contributed by atoms with Gasteiger partial charge in [0.05, 0.1) is 0 Å². The maximum Gasteiger partial charge on any atom is 0.241 e. The van der Waals surface area contributed by atoms with E-state index in [-0.39, 0.29) is 24.0 Å². The molecule has 1 nitrogen and oxygen atoms in total. The van der Waals surface area contributed by atoms with Crippen LogP contribution in [0.1, 0.15) is 10.7 Å². The van der Waals surface area contributed by atoms with E-state index in [4.69, 9.17) is 0 Å². The Bertz CT molecular complexity index is 465. The van der Waals surface area contributed by atoms with E-state index in [2.05, 4.69) is 55.0 Å². The van der Waals surface area contributed by atoms with Crippen LogP contribution in [0.5, 0.6) is 0 Å². The number of hydrogen-bond acceptors (Lipinski definition) is 2. The molecule has 0 spiro atoms. The summed E-state index contributed by atoms with van der Waals surface area (Å²) < 4.78 is 3.72. The molecule has 2 rings (SSSR count). The molecule has 0 aliphatic carbocycles. The van der Waals surface area contributed by atoms with Gasteiger partial charge in [0.25, 0.3) is 0 Å². The Labute approximate surface area is 122 Å². The van der Waals surface area contributed by atoms with Gasteiger partial charge in [-0.2, -0.15) is 4.57 Å². The molecule has 86 valence electrons. The molecule has 0 atom stereocenters. The Morgan fingerprint density at radius 1 is 1.12 bits per heavy atom. The van der Waals surface area contributed by atoms with Crippen molar-refractivity contribution in [3.63, 3.8) is 0 Å². The van der Waals surface area contributed by atoms with Gasteiger partial charge in [0.15, 0.2) is 0 Å². The molecule has 2 aromatic rings. The van der Waals surface area contributed by atoms with Crippen LogP contribution in [0.3, 0.4) is 0 Å². The van der Waals surface area contributed by atoms with Crippen molar-refractivity contribution in [2.45, 2.75) is 18.1 Å². The highest BCUT2D eigenvalue weighted by Gasteiger charge is 2.21. The monoisotopic (exact) mass is 363 g/mol. The fourth-order valence-corrected chi connectivity index (χ4v) is 3.65. The van der Waals surface area contributed by atoms with Crippen molar-refractivity contribution in [1.82, 2.24) is 0 Å². The standard InChI is InChI=1S/C12H14NS2.HI/c1-9-12(14-3)15-10(2)13(9)11-7-5-4-6-8-11;/h4-8H,1-3H3;1H/q+1;/p-1. The van der Waals surface area contributed by atoms with Gasteiger partial charge < -0.3 is 24.0 Å². The van der Waals surface area contributed by atoms with Crippen molar-refractivity contribution < 1.29 is 28.5 Å². The molecule has 1 aromatic heterocycles. The van der Waals surface area contributed by atoms with Crippen molar-refractivity contribution in [3.05, 3.63) is 41.0 Å². The summed E-state index contributed by atoms with van der Waals surface area (Å²) in [4.78, 5) is 0. The SMILES string of the molecule is CSc1sc(C)[n+](-c2ccccc2)c1C.[I-]. The molecule has 16 heavy (non-hydrogen) atoms. The van der Waals surface area contributed by atoms with Crippen LogP contribution in [0.25, 0.3) is 5.69 Å². The summed E-state index contributed by atoms with van der Waals surface area (Å²) in [6.07, 6.45) is 2.13. The van der Waals surface area contributed by atoms with Gasteiger partial charge in [-0.3, -0.25) is 0 Å². The number of thioether (sulfide) groups is 1. The molecule has 0 aliphatic heterocycles. The summed E-state index contributed by atoms with van der Waals surface area (Å²) in [5.74, 6) is 0. The molecule has 4 heteroatoms. The normalized spacial score (nSPS) is 9.94. The summed E-state index contributed by atoms with van der Waals surface area (Å²) in [6, 6.07) is 10.5. The van der Waals surface area contributed by atoms with Crippen molar-refractivity contribution in [2.24, 2.45) is 0 Å². The van der Waals surface area contributed by atoms with Crippen LogP contribution >= 0.6 is 23.1 Å². The van der Waals surface area contributed by atoms with E-state index >= 15 is 0 Å². The fourth-order valence-electron chi connectivity index (χ4n) is 1.72. The van der Waals surface area contributed by atoms with Gasteiger partial charge in [-0.15, -0.1) is 11.8 Å². The van der Waals surface area contributed by atoms with Gasteiger partial charge in [0.2, 0.25) is 16.4 Å². The molecule has 0 saturated carbocycles. The van der Waals surface area contributed by atoms with E-state index in [0.717, 1.165) is 0 Å². The first kappa shape index (κ1) is 14.0. The van der Waals surface area contributed by atoms with Crippen molar-refractivity contribution in [3.8, 4) is 5.69 Å². The van der Waals surface area contributed by atoms with E-state index in [9.17, 15) is 0 Å². The van der Waals surface area contributed by atoms with Crippen LogP contribution in [0.15, 0.2) is 34.5 Å². The highest BCUT2D eigenvalue weighted by atomic mass is 127. The number of nitrogens with zero attached hydrogens (tertiary/aromatic N) is 1. The summed E-state index contributed by atoms with van der Waals surface area (Å²) >= 11 is 3.68. The third-order valence-electron chi connectivity index (χ3n) is 2.39. The second kappa shape index (κ2) is 6.02.